The second-order valence-electron chi connectivity index (χ2n) is 3.80. The third-order valence-corrected chi connectivity index (χ3v) is 1.14. The van der Waals surface area contributed by atoms with E-state index in [0.717, 1.165) is 5.57 Å². The predicted molar refractivity (Wildman–Crippen MR) is 49.5 cm³/mol. The van der Waals surface area contributed by atoms with Crippen molar-refractivity contribution in [2.75, 3.05) is 0 Å². The number of carbonyl (C=O) groups is 1. The molecule has 0 saturated carbocycles. The van der Waals surface area contributed by atoms with Gasteiger partial charge in [-0.25, -0.2) is 0 Å². The first-order valence-corrected chi connectivity index (χ1v) is 3.87. The van der Waals surface area contributed by atoms with E-state index in [0.29, 0.717) is 0 Å². The van der Waals surface area contributed by atoms with Crippen LogP contribution in [0.3, 0.4) is 0 Å². The summed E-state index contributed by atoms with van der Waals surface area (Å²) in [6.45, 7) is 10.9. The topological polar surface area (TPSA) is 26.3 Å². The summed E-state index contributed by atoms with van der Waals surface area (Å²) in [6.07, 6.45) is 3.03. The molecular formula is C10H16O2. The molecule has 0 atom stereocenters. The molecule has 0 radical (unpaired) electrons. The minimum atomic E-state index is -0.445. The fourth-order valence-corrected chi connectivity index (χ4v) is 0.389. The van der Waals surface area contributed by atoms with Crippen LogP contribution in [0.25, 0.3) is 0 Å². The van der Waals surface area contributed by atoms with Gasteiger partial charge < -0.3 is 4.74 Å². The van der Waals surface area contributed by atoms with Gasteiger partial charge in [-0.3, -0.25) is 4.79 Å². The van der Waals surface area contributed by atoms with Crippen LogP contribution in [0.4, 0.5) is 0 Å². The number of rotatable bonds is 2. The molecule has 0 spiro atoms. The molecule has 0 heterocycles. The van der Waals surface area contributed by atoms with Gasteiger partial charge in [-0.15, -0.1) is 0 Å². The van der Waals surface area contributed by atoms with Crippen molar-refractivity contribution in [2.45, 2.75) is 27.7 Å². The van der Waals surface area contributed by atoms with E-state index in [-0.39, 0.29) is 5.97 Å². The van der Waals surface area contributed by atoms with E-state index in [9.17, 15) is 4.79 Å². The lowest BCUT2D eigenvalue weighted by molar-refractivity contribution is -0.146. The molecule has 68 valence electrons. The van der Waals surface area contributed by atoms with E-state index in [4.69, 9.17) is 4.74 Å². The minimum absolute atomic E-state index is 0.236. The van der Waals surface area contributed by atoms with Crippen molar-refractivity contribution in [1.82, 2.24) is 0 Å². The number of esters is 1. The average molecular weight is 168 g/mol. The Morgan fingerprint density at radius 2 is 1.92 bits per heavy atom. The summed E-state index contributed by atoms with van der Waals surface area (Å²) in [5.41, 5.74) is 0.413. The van der Waals surface area contributed by atoms with Gasteiger partial charge in [0, 0.05) is 0 Å². The Balaban J connectivity index is 3.96. The van der Waals surface area contributed by atoms with E-state index < -0.39 is 5.41 Å². The highest BCUT2D eigenvalue weighted by atomic mass is 16.5. The molecule has 0 bridgehead atoms. The first-order chi connectivity index (χ1) is 5.34. The summed E-state index contributed by atoms with van der Waals surface area (Å²) in [5.74, 6) is -0.236. The fourth-order valence-electron chi connectivity index (χ4n) is 0.389. The maximum atomic E-state index is 11.1. The van der Waals surface area contributed by atoms with Gasteiger partial charge in [0.15, 0.2) is 0 Å². The normalized spacial score (nSPS) is 11.7. The average Bonchev–Trinajstić information content (AvgIpc) is 1.84. The number of hydrogen-bond acceptors (Lipinski definition) is 2. The Kier molecular flexibility index (Phi) is 3.74. The second-order valence-corrected chi connectivity index (χ2v) is 3.80. The summed E-state index contributed by atoms with van der Waals surface area (Å²) < 4.78 is 4.84. The Hall–Kier alpha value is -1.05. The Morgan fingerprint density at radius 3 is 2.25 bits per heavy atom. The molecular weight excluding hydrogens is 152 g/mol. The zero-order chi connectivity index (χ0) is 9.78. The zero-order valence-electron chi connectivity index (χ0n) is 8.18. The van der Waals surface area contributed by atoms with Crippen LogP contribution in [0.15, 0.2) is 24.5 Å². The van der Waals surface area contributed by atoms with Gasteiger partial charge in [0.2, 0.25) is 0 Å². The Labute approximate surface area is 73.9 Å². The van der Waals surface area contributed by atoms with Crippen molar-refractivity contribution in [3.05, 3.63) is 24.5 Å². The largest absolute Gasteiger partial charge is 0.434 e. The molecule has 2 nitrogen and oxygen atoms in total. The highest BCUT2D eigenvalue weighted by Crippen LogP contribution is 2.15. The monoisotopic (exact) mass is 168 g/mol. The molecule has 2 heteroatoms. The molecule has 0 aliphatic heterocycles. The van der Waals surface area contributed by atoms with Gasteiger partial charge in [-0.05, 0) is 33.8 Å². The third-order valence-electron chi connectivity index (χ3n) is 1.14. The molecule has 0 saturated heterocycles. The maximum absolute atomic E-state index is 11.1. The molecule has 0 unspecified atom stereocenters. The van der Waals surface area contributed by atoms with Crippen molar-refractivity contribution >= 4 is 5.97 Å². The zero-order valence-corrected chi connectivity index (χ0v) is 8.18. The van der Waals surface area contributed by atoms with Crippen LogP contribution in [0.1, 0.15) is 27.7 Å². The molecule has 0 N–H and O–H groups in total. The first kappa shape index (κ1) is 11.0. The van der Waals surface area contributed by atoms with Gasteiger partial charge in [-0.1, -0.05) is 12.2 Å². The molecule has 0 aromatic rings. The molecule has 0 rings (SSSR count). The molecule has 0 fully saturated rings. The lowest BCUT2D eigenvalue weighted by Gasteiger charge is -2.13. The highest BCUT2D eigenvalue weighted by Gasteiger charge is 2.21. The molecule has 12 heavy (non-hydrogen) atoms. The number of hydrogen-bond donors (Lipinski definition) is 0. The van der Waals surface area contributed by atoms with Crippen LogP contribution in [0.5, 0.6) is 0 Å². The summed E-state index contributed by atoms with van der Waals surface area (Å²) >= 11 is 0. The standard InChI is InChI=1S/C10H16O2/c1-8(2)6-7-12-9(11)10(3,4)5/h6-7H,1H2,2-5H3. The van der Waals surface area contributed by atoms with Crippen molar-refractivity contribution in [3.63, 3.8) is 0 Å². The van der Waals surface area contributed by atoms with E-state index in [1.807, 2.05) is 27.7 Å². The second kappa shape index (κ2) is 4.10. The van der Waals surface area contributed by atoms with Crippen molar-refractivity contribution in [1.29, 1.82) is 0 Å². The SMILES string of the molecule is C=C(C)C=COC(=O)C(C)(C)C. The Bertz CT molecular complexity index is 206. The molecule has 0 amide bonds. The van der Waals surface area contributed by atoms with E-state index >= 15 is 0 Å². The van der Waals surface area contributed by atoms with Crippen LogP contribution < -0.4 is 0 Å². The van der Waals surface area contributed by atoms with Crippen molar-refractivity contribution in [3.8, 4) is 0 Å². The molecule has 0 aliphatic rings. The summed E-state index contributed by atoms with van der Waals surface area (Å²) in [7, 11) is 0. The summed E-state index contributed by atoms with van der Waals surface area (Å²) in [4.78, 5) is 11.1. The molecule has 0 aliphatic carbocycles. The quantitative estimate of drug-likeness (QED) is 0.360. The van der Waals surface area contributed by atoms with Crippen molar-refractivity contribution < 1.29 is 9.53 Å². The van der Waals surface area contributed by atoms with Gasteiger partial charge in [-0.2, -0.15) is 0 Å². The number of allylic oxidation sites excluding steroid dienone is 2. The number of carbonyl (C=O) groups excluding carboxylic acids is 1. The van der Waals surface area contributed by atoms with Gasteiger partial charge >= 0.3 is 5.97 Å². The third kappa shape index (κ3) is 4.72. The van der Waals surface area contributed by atoms with Crippen molar-refractivity contribution in [2.24, 2.45) is 5.41 Å². The van der Waals surface area contributed by atoms with Crippen LogP contribution in [0, 0.1) is 5.41 Å². The lowest BCUT2D eigenvalue weighted by Crippen LogP contribution is -2.20. The van der Waals surface area contributed by atoms with E-state index in [1.165, 1.54) is 6.26 Å². The summed E-state index contributed by atoms with van der Waals surface area (Å²) in [6, 6.07) is 0. The van der Waals surface area contributed by atoms with Crippen LogP contribution in [-0.2, 0) is 9.53 Å². The Morgan fingerprint density at radius 1 is 1.42 bits per heavy atom. The van der Waals surface area contributed by atoms with Crippen LogP contribution >= 0.6 is 0 Å². The molecule has 0 aromatic carbocycles. The van der Waals surface area contributed by atoms with E-state index in [2.05, 4.69) is 6.58 Å². The first-order valence-electron chi connectivity index (χ1n) is 3.87. The van der Waals surface area contributed by atoms with Gasteiger partial charge in [0.05, 0.1) is 11.7 Å². The molecule has 0 aromatic heterocycles. The van der Waals surface area contributed by atoms with E-state index in [1.54, 1.807) is 6.08 Å². The minimum Gasteiger partial charge on any atom is -0.434 e. The fraction of sp³-hybridized carbons (Fsp3) is 0.500. The van der Waals surface area contributed by atoms with Gasteiger partial charge in [0.25, 0.3) is 0 Å². The lowest BCUT2D eigenvalue weighted by atomic mass is 9.98. The summed E-state index contributed by atoms with van der Waals surface area (Å²) in [5, 5.41) is 0. The number of ether oxygens (including phenoxy) is 1. The highest BCUT2D eigenvalue weighted by molar-refractivity contribution is 5.75. The van der Waals surface area contributed by atoms with Crippen LogP contribution in [-0.4, -0.2) is 5.97 Å². The van der Waals surface area contributed by atoms with Gasteiger partial charge in [0.1, 0.15) is 0 Å². The maximum Gasteiger partial charge on any atom is 0.316 e. The smallest absolute Gasteiger partial charge is 0.316 e. The predicted octanol–water partition coefficient (Wildman–Crippen LogP) is 2.67. The van der Waals surface area contributed by atoms with Crippen LogP contribution in [0.2, 0.25) is 0 Å².